The maximum Gasteiger partial charge on any atom is 0.271 e. The number of nitrogens with one attached hydrogen (secondary N) is 1. The quantitative estimate of drug-likeness (QED) is 0.212. The lowest BCUT2D eigenvalue weighted by Gasteiger charge is -2.14. The van der Waals surface area contributed by atoms with E-state index in [0.717, 1.165) is 30.2 Å². The number of benzene rings is 2. The van der Waals surface area contributed by atoms with Gasteiger partial charge in [0.25, 0.3) is 11.6 Å². The fraction of sp³-hybridized carbons (Fsp3) is 0.190. The van der Waals surface area contributed by atoms with Gasteiger partial charge in [-0.15, -0.1) is 0 Å². The normalized spacial score (nSPS) is 14.9. The van der Waals surface area contributed by atoms with Gasteiger partial charge >= 0.3 is 0 Å². The van der Waals surface area contributed by atoms with Crippen molar-refractivity contribution in [3.05, 3.63) is 68.6 Å². The van der Waals surface area contributed by atoms with Crippen molar-refractivity contribution in [1.82, 2.24) is 4.90 Å². The summed E-state index contributed by atoms with van der Waals surface area (Å²) < 4.78 is 0.354. The van der Waals surface area contributed by atoms with Crippen LogP contribution in [0.15, 0.2) is 47.4 Å². The second-order valence-corrected chi connectivity index (χ2v) is 8.36. The first-order valence-electron chi connectivity index (χ1n) is 9.40. The van der Waals surface area contributed by atoms with Gasteiger partial charge in [0.2, 0.25) is 5.91 Å². The summed E-state index contributed by atoms with van der Waals surface area (Å²) in [6.07, 6.45) is 2.60. The molecule has 2 aromatic carbocycles. The van der Waals surface area contributed by atoms with E-state index in [1.165, 1.54) is 22.2 Å². The fourth-order valence-corrected chi connectivity index (χ4v) is 4.17. The summed E-state index contributed by atoms with van der Waals surface area (Å²) in [5, 5.41) is 23.1. The number of hydrogen-bond acceptors (Lipinski definition) is 7. The molecule has 2 N–H and O–H groups in total. The molecule has 0 bridgehead atoms. The molecule has 1 aliphatic rings. The van der Waals surface area contributed by atoms with E-state index in [-0.39, 0.29) is 36.0 Å². The van der Waals surface area contributed by atoms with Crippen molar-refractivity contribution in [3.63, 3.8) is 0 Å². The lowest BCUT2D eigenvalue weighted by Crippen LogP contribution is -2.31. The van der Waals surface area contributed by atoms with Crippen molar-refractivity contribution < 1.29 is 19.6 Å². The zero-order valence-corrected chi connectivity index (χ0v) is 18.2. The predicted octanol–water partition coefficient (Wildman–Crippen LogP) is 4.09. The van der Waals surface area contributed by atoms with E-state index >= 15 is 0 Å². The average Bonchev–Trinajstić information content (AvgIpc) is 3.01. The van der Waals surface area contributed by atoms with E-state index in [2.05, 4.69) is 12.2 Å². The number of phenolic OH excluding ortho intramolecular Hbond substituents is 1. The maximum absolute atomic E-state index is 12.7. The number of amides is 2. The second kappa shape index (κ2) is 9.71. The first-order chi connectivity index (χ1) is 14.8. The Morgan fingerprint density at radius 3 is 2.65 bits per heavy atom. The molecule has 31 heavy (non-hydrogen) atoms. The molecule has 0 aliphatic carbocycles. The monoisotopic (exact) mass is 457 g/mol. The van der Waals surface area contributed by atoms with Gasteiger partial charge in [-0.25, -0.2) is 0 Å². The number of aromatic hydroxyl groups is 1. The minimum Gasteiger partial charge on any atom is -0.506 e. The SMILES string of the molecule is CCc1ccc(C=C2SC(=S)N(CCC(=O)Nc3cc([N+](=O)[O-])ccc3O)C2=O)cc1. The van der Waals surface area contributed by atoms with Crippen LogP contribution in [0.3, 0.4) is 0 Å². The minimum atomic E-state index is -0.628. The molecule has 8 nitrogen and oxygen atoms in total. The molecule has 2 amide bonds. The van der Waals surface area contributed by atoms with Crippen molar-refractivity contribution >= 4 is 57.6 Å². The highest BCUT2D eigenvalue weighted by Gasteiger charge is 2.32. The third-order valence-electron chi connectivity index (χ3n) is 4.59. The summed E-state index contributed by atoms with van der Waals surface area (Å²) in [6, 6.07) is 11.2. The van der Waals surface area contributed by atoms with Crippen molar-refractivity contribution in [2.24, 2.45) is 0 Å². The summed E-state index contributed by atoms with van der Waals surface area (Å²) in [6.45, 7) is 2.12. The Morgan fingerprint density at radius 1 is 1.29 bits per heavy atom. The third kappa shape index (κ3) is 5.47. The molecule has 3 rings (SSSR count). The maximum atomic E-state index is 12.7. The van der Waals surface area contributed by atoms with Gasteiger partial charge in [-0.2, -0.15) is 0 Å². The summed E-state index contributed by atoms with van der Waals surface area (Å²) in [7, 11) is 0. The van der Waals surface area contributed by atoms with Gasteiger partial charge in [0.15, 0.2) is 0 Å². The standard InChI is InChI=1S/C21H19N3O5S2/c1-2-13-3-5-14(6-4-13)11-18-20(27)23(21(30)31-18)10-9-19(26)22-16-12-15(24(28)29)7-8-17(16)25/h3-8,11-12,25H,2,9-10H2,1H3,(H,22,26). The van der Waals surface area contributed by atoms with Crippen LogP contribution in [0.25, 0.3) is 6.08 Å². The number of rotatable bonds is 7. The van der Waals surface area contributed by atoms with Crippen molar-refractivity contribution in [2.75, 3.05) is 11.9 Å². The Labute approximate surface area is 188 Å². The zero-order valence-electron chi connectivity index (χ0n) is 16.5. The van der Waals surface area contributed by atoms with Crippen LogP contribution in [0.5, 0.6) is 5.75 Å². The van der Waals surface area contributed by atoms with Gasteiger partial charge in [-0.05, 0) is 29.7 Å². The number of thiocarbonyl (C=S) groups is 1. The van der Waals surface area contributed by atoms with Gasteiger partial charge in [-0.3, -0.25) is 24.6 Å². The Balaban J connectivity index is 1.62. The second-order valence-electron chi connectivity index (χ2n) is 6.69. The lowest BCUT2D eigenvalue weighted by molar-refractivity contribution is -0.384. The molecule has 0 spiro atoms. The topological polar surface area (TPSA) is 113 Å². The molecule has 0 atom stereocenters. The smallest absolute Gasteiger partial charge is 0.271 e. The highest BCUT2D eigenvalue weighted by Crippen LogP contribution is 2.33. The van der Waals surface area contributed by atoms with Gasteiger partial charge in [0, 0.05) is 25.1 Å². The molecular weight excluding hydrogens is 438 g/mol. The molecule has 0 aromatic heterocycles. The fourth-order valence-electron chi connectivity index (χ4n) is 2.86. The largest absolute Gasteiger partial charge is 0.506 e. The Kier molecular flexibility index (Phi) is 7.03. The Morgan fingerprint density at radius 2 is 2.00 bits per heavy atom. The van der Waals surface area contributed by atoms with E-state index in [9.17, 15) is 24.8 Å². The van der Waals surface area contributed by atoms with Crippen molar-refractivity contribution in [1.29, 1.82) is 0 Å². The molecule has 2 aromatic rings. The molecule has 1 heterocycles. The Bertz CT molecular complexity index is 1080. The zero-order chi connectivity index (χ0) is 22.5. The molecule has 1 saturated heterocycles. The van der Waals surface area contributed by atoms with Crippen LogP contribution in [0.4, 0.5) is 11.4 Å². The molecule has 10 heteroatoms. The number of nitro benzene ring substituents is 1. The summed E-state index contributed by atoms with van der Waals surface area (Å²) in [5.41, 5.74) is 1.75. The van der Waals surface area contributed by atoms with Gasteiger partial charge in [0.1, 0.15) is 10.1 Å². The van der Waals surface area contributed by atoms with E-state index in [4.69, 9.17) is 12.2 Å². The van der Waals surface area contributed by atoms with E-state index in [1.807, 2.05) is 24.3 Å². The van der Waals surface area contributed by atoms with Gasteiger partial charge in [0.05, 0.1) is 15.5 Å². The number of aryl methyl sites for hydroxylation is 1. The summed E-state index contributed by atoms with van der Waals surface area (Å²) in [5.74, 6) is -1.08. The first kappa shape index (κ1) is 22.4. The van der Waals surface area contributed by atoms with Crippen molar-refractivity contribution in [2.45, 2.75) is 19.8 Å². The lowest BCUT2D eigenvalue weighted by atomic mass is 10.1. The highest BCUT2D eigenvalue weighted by molar-refractivity contribution is 8.26. The number of carbonyl (C=O) groups is 2. The summed E-state index contributed by atoms with van der Waals surface area (Å²) in [4.78, 5) is 37.0. The number of carbonyl (C=O) groups excluding carboxylic acids is 2. The molecular formula is C21H19N3O5S2. The third-order valence-corrected chi connectivity index (χ3v) is 5.96. The number of anilines is 1. The van der Waals surface area contributed by atoms with Crippen LogP contribution in [0, 0.1) is 10.1 Å². The Hall–Kier alpha value is -3.24. The predicted molar refractivity (Wildman–Crippen MR) is 124 cm³/mol. The molecule has 0 unspecified atom stereocenters. The van der Waals surface area contributed by atoms with Gasteiger partial charge in [-0.1, -0.05) is 55.2 Å². The van der Waals surface area contributed by atoms with Gasteiger partial charge < -0.3 is 10.4 Å². The number of nitrogens with zero attached hydrogens (tertiary/aromatic N) is 2. The van der Waals surface area contributed by atoms with Crippen LogP contribution < -0.4 is 5.32 Å². The number of non-ortho nitro benzene ring substituents is 1. The van der Waals surface area contributed by atoms with Crippen LogP contribution in [0.2, 0.25) is 0 Å². The molecule has 0 saturated carbocycles. The molecule has 0 radical (unpaired) electrons. The van der Waals surface area contributed by atoms with Crippen molar-refractivity contribution in [3.8, 4) is 5.75 Å². The number of nitro groups is 1. The number of thioether (sulfide) groups is 1. The summed E-state index contributed by atoms with van der Waals surface area (Å²) >= 11 is 6.45. The number of hydrogen-bond donors (Lipinski definition) is 2. The number of phenols is 1. The highest BCUT2D eigenvalue weighted by atomic mass is 32.2. The van der Waals surface area contributed by atoms with Crippen LogP contribution in [0.1, 0.15) is 24.5 Å². The van der Waals surface area contributed by atoms with E-state index in [0.29, 0.717) is 9.23 Å². The van der Waals surface area contributed by atoms with E-state index in [1.54, 1.807) is 6.08 Å². The van der Waals surface area contributed by atoms with E-state index < -0.39 is 10.8 Å². The molecule has 1 aliphatic heterocycles. The molecule has 1 fully saturated rings. The van der Waals surface area contributed by atoms with Crippen LogP contribution >= 0.6 is 24.0 Å². The average molecular weight is 458 g/mol. The van der Waals surface area contributed by atoms with Crippen LogP contribution in [-0.2, 0) is 16.0 Å². The molecule has 160 valence electrons. The van der Waals surface area contributed by atoms with Crippen LogP contribution in [-0.4, -0.2) is 37.6 Å². The first-order valence-corrected chi connectivity index (χ1v) is 10.6. The minimum absolute atomic E-state index is 0.0539.